The van der Waals surface area contributed by atoms with Crippen LogP contribution in [0.1, 0.15) is 56.7 Å². The fourth-order valence-corrected chi connectivity index (χ4v) is 4.13. The number of hydrogen-bond acceptors (Lipinski definition) is 6. The maximum absolute atomic E-state index is 12.1. The van der Waals surface area contributed by atoms with Crippen molar-refractivity contribution in [3.63, 3.8) is 0 Å². The summed E-state index contributed by atoms with van der Waals surface area (Å²) in [6.45, 7) is 1.84. The van der Waals surface area contributed by atoms with Crippen molar-refractivity contribution in [3.8, 4) is 0 Å². The number of anilines is 1. The molecule has 0 unspecified atom stereocenters. The minimum absolute atomic E-state index is 0.0920. The summed E-state index contributed by atoms with van der Waals surface area (Å²) in [5.41, 5.74) is 0. The molecule has 7 heteroatoms. The molecule has 25 heavy (non-hydrogen) atoms. The average molecular weight is 348 g/mol. The van der Waals surface area contributed by atoms with Crippen LogP contribution in [0.25, 0.3) is 0 Å². The number of amides is 1. The van der Waals surface area contributed by atoms with Crippen molar-refractivity contribution in [1.82, 2.24) is 15.0 Å². The first-order chi connectivity index (χ1) is 12.1. The molecule has 1 aromatic rings. The molecule has 1 saturated carbocycles. The van der Waals surface area contributed by atoms with Gasteiger partial charge in [0.1, 0.15) is 6.10 Å². The number of rotatable bonds is 4. The van der Waals surface area contributed by atoms with E-state index < -0.39 is 0 Å². The Kier molecular flexibility index (Phi) is 4.67. The van der Waals surface area contributed by atoms with E-state index in [2.05, 4.69) is 15.0 Å². The van der Waals surface area contributed by atoms with Crippen LogP contribution in [0.5, 0.6) is 0 Å². The summed E-state index contributed by atoms with van der Waals surface area (Å²) in [7, 11) is 3.58. The lowest BCUT2D eigenvalue weighted by Gasteiger charge is -2.33. The number of ether oxygens (including phenoxy) is 1. The number of hydrogen-bond donors (Lipinski definition) is 0. The second kappa shape index (κ2) is 6.94. The van der Waals surface area contributed by atoms with Gasteiger partial charge in [0.05, 0.1) is 6.10 Å². The van der Waals surface area contributed by atoms with E-state index in [1.165, 1.54) is 19.3 Å². The van der Waals surface area contributed by atoms with Crippen LogP contribution in [0.4, 0.5) is 6.01 Å². The van der Waals surface area contributed by atoms with Crippen LogP contribution in [0.3, 0.4) is 0 Å². The molecule has 2 aliphatic heterocycles. The molecule has 0 N–H and O–H groups in total. The number of aromatic nitrogens is 2. The number of carbonyl (C=O) groups excluding carboxylic acids is 1. The SMILES string of the molecule is CN(C)C(=O)[C@H]1CC[C@@H](C2CCN(c3nc(C4CCC4)no3)CC2)O1. The van der Waals surface area contributed by atoms with Gasteiger partial charge in [-0.1, -0.05) is 11.6 Å². The van der Waals surface area contributed by atoms with Crippen LogP contribution < -0.4 is 4.90 Å². The normalized spacial score (nSPS) is 28.2. The first kappa shape index (κ1) is 16.8. The third kappa shape index (κ3) is 3.38. The molecule has 1 amide bonds. The topological polar surface area (TPSA) is 71.7 Å². The van der Waals surface area contributed by atoms with Gasteiger partial charge in [0.25, 0.3) is 5.91 Å². The van der Waals surface area contributed by atoms with Gasteiger partial charge >= 0.3 is 6.01 Å². The van der Waals surface area contributed by atoms with Gasteiger partial charge in [0.15, 0.2) is 5.82 Å². The van der Waals surface area contributed by atoms with Gasteiger partial charge in [-0.2, -0.15) is 4.98 Å². The van der Waals surface area contributed by atoms with Crippen molar-refractivity contribution in [1.29, 1.82) is 0 Å². The Morgan fingerprint density at radius 1 is 1.12 bits per heavy atom. The van der Waals surface area contributed by atoms with Gasteiger partial charge in [0.2, 0.25) is 0 Å². The van der Waals surface area contributed by atoms with Crippen molar-refractivity contribution in [2.24, 2.45) is 5.92 Å². The molecule has 2 saturated heterocycles. The molecule has 1 aliphatic carbocycles. The third-order valence-corrected chi connectivity index (χ3v) is 6.01. The highest BCUT2D eigenvalue weighted by atomic mass is 16.5. The lowest BCUT2D eigenvalue weighted by Crippen LogP contribution is -2.39. The Morgan fingerprint density at radius 2 is 1.88 bits per heavy atom. The summed E-state index contributed by atoms with van der Waals surface area (Å²) >= 11 is 0. The van der Waals surface area contributed by atoms with Gasteiger partial charge < -0.3 is 19.1 Å². The van der Waals surface area contributed by atoms with Crippen LogP contribution in [0, 0.1) is 5.92 Å². The van der Waals surface area contributed by atoms with Crippen LogP contribution in [-0.4, -0.2) is 60.3 Å². The molecule has 138 valence electrons. The van der Waals surface area contributed by atoms with E-state index in [0.717, 1.165) is 44.6 Å². The molecule has 0 aromatic carbocycles. The molecule has 0 bridgehead atoms. The number of likely N-dealkylation sites (N-methyl/N-ethyl adjacent to an activating group) is 1. The molecule has 3 aliphatic rings. The van der Waals surface area contributed by atoms with Crippen molar-refractivity contribution in [2.75, 3.05) is 32.1 Å². The molecule has 0 radical (unpaired) electrons. The Hall–Kier alpha value is -1.63. The highest BCUT2D eigenvalue weighted by Gasteiger charge is 2.37. The minimum atomic E-state index is -0.251. The van der Waals surface area contributed by atoms with Gasteiger partial charge in [-0.25, -0.2) is 0 Å². The van der Waals surface area contributed by atoms with Crippen molar-refractivity contribution >= 4 is 11.9 Å². The zero-order valence-electron chi connectivity index (χ0n) is 15.2. The fraction of sp³-hybridized carbons (Fsp3) is 0.833. The number of nitrogens with zero attached hydrogens (tertiary/aromatic N) is 4. The molecule has 1 aromatic heterocycles. The molecule has 3 heterocycles. The van der Waals surface area contributed by atoms with Gasteiger partial charge in [-0.05, 0) is 44.4 Å². The lowest BCUT2D eigenvalue weighted by atomic mass is 9.85. The van der Waals surface area contributed by atoms with Crippen molar-refractivity contribution in [2.45, 2.75) is 63.1 Å². The summed E-state index contributed by atoms with van der Waals surface area (Å²) < 4.78 is 11.5. The Labute approximate surface area is 148 Å². The van der Waals surface area contributed by atoms with E-state index in [4.69, 9.17) is 9.26 Å². The largest absolute Gasteiger partial charge is 0.365 e. The first-order valence-electron chi connectivity index (χ1n) is 9.57. The highest BCUT2D eigenvalue weighted by Crippen LogP contribution is 2.36. The van der Waals surface area contributed by atoms with Crippen LogP contribution in [-0.2, 0) is 9.53 Å². The number of carbonyl (C=O) groups is 1. The summed E-state index contributed by atoms with van der Waals surface area (Å²) in [6.07, 6.45) is 7.54. The smallest absolute Gasteiger partial charge is 0.324 e. The molecular formula is C18H28N4O3. The molecule has 7 nitrogen and oxygen atoms in total. The molecule has 4 rings (SSSR count). The second-order valence-corrected chi connectivity index (χ2v) is 7.86. The summed E-state index contributed by atoms with van der Waals surface area (Å²) in [5, 5.41) is 4.16. The molecular weight excluding hydrogens is 320 g/mol. The van der Waals surface area contributed by atoms with E-state index in [9.17, 15) is 4.79 Å². The van der Waals surface area contributed by atoms with Crippen LogP contribution in [0.2, 0.25) is 0 Å². The van der Waals surface area contributed by atoms with Gasteiger partial charge in [-0.15, -0.1) is 0 Å². The van der Waals surface area contributed by atoms with E-state index in [1.54, 1.807) is 19.0 Å². The monoisotopic (exact) mass is 348 g/mol. The quantitative estimate of drug-likeness (QED) is 0.831. The van der Waals surface area contributed by atoms with Crippen molar-refractivity contribution in [3.05, 3.63) is 5.82 Å². The van der Waals surface area contributed by atoms with Crippen LogP contribution >= 0.6 is 0 Å². The van der Waals surface area contributed by atoms with Crippen molar-refractivity contribution < 1.29 is 14.1 Å². The predicted molar refractivity (Wildman–Crippen MR) is 92.4 cm³/mol. The molecule has 2 atom stereocenters. The van der Waals surface area contributed by atoms with E-state index in [-0.39, 0.29) is 18.1 Å². The maximum atomic E-state index is 12.1. The van der Waals surface area contributed by atoms with E-state index >= 15 is 0 Å². The predicted octanol–water partition coefficient (Wildman–Crippen LogP) is 2.19. The summed E-state index contributed by atoms with van der Waals surface area (Å²) in [5.74, 6) is 2.00. The maximum Gasteiger partial charge on any atom is 0.324 e. The van der Waals surface area contributed by atoms with E-state index in [1.807, 2.05) is 0 Å². The number of piperidine rings is 1. The van der Waals surface area contributed by atoms with Gasteiger partial charge in [-0.3, -0.25) is 4.79 Å². The molecule has 3 fully saturated rings. The second-order valence-electron chi connectivity index (χ2n) is 7.86. The Balaban J connectivity index is 1.28. The Morgan fingerprint density at radius 3 is 2.52 bits per heavy atom. The highest BCUT2D eigenvalue weighted by molar-refractivity contribution is 5.80. The van der Waals surface area contributed by atoms with E-state index in [0.29, 0.717) is 17.9 Å². The third-order valence-electron chi connectivity index (χ3n) is 6.01. The lowest BCUT2D eigenvalue weighted by molar-refractivity contribution is -0.141. The fourth-order valence-electron chi connectivity index (χ4n) is 4.13. The van der Waals surface area contributed by atoms with Gasteiger partial charge in [0, 0.05) is 33.1 Å². The average Bonchev–Trinajstić information content (AvgIpc) is 3.22. The zero-order chi connectivity index (χ0) is 17.4. The summed E-state index contributed by atoms with van der Waals surface area (Å²) in [4.78, 5) is 20.5. The van der Waals surface area contributed by atoms with Crippen LogP contribution in [0.15, 0.2) is 4.52 Å². The zero-order valence-corrected chi connectivity index (χ0v) is 15.2. The minimum Gasteiger partial charge on any atom is -0.365 e. The summed E-state index contributed by atoms with van der Waals surface area (Å²) in [6, 6.07) is 0.674. The standard InChI is InChI=1S/C18H28N4O3/c1-21(2)17(23)15-7-6-14(24-15)12-8-10-22(11-9-12)18-19-16(20-25-18)13-4-3-5-13/h12-15H,3-11H2,1-2H3/t14-,15+/m0/s1. The Bertz CT molecular complexity index is 605. The first-order valence-corrected chi connectivity index (χ1v) is 9.57. The molecule has 0 spiro atoms.